The minimum atomic E-state index is -1.98. The minimum Gasteiger partial charge on any atom is -0.487 e. The van der Waals surface area contributed by atoms with E-state index in [1.807, 2.05) is 44.2 Å². The van der Waals surface area contributed by atoms with Crippen molar-refractivity contribution in [3.05, 3.63) is 89.2 Å². The SMILES string of the molecule is CC(C)(C#Cc1c(Nc2ccc(F)c(F)c2)cc(F)cc1OCc1ccccc1)CO[Si](C)(C)C(C)(C)C. The lowest BCUT2D eigenvalue weighted by atomic mass is 9.95. The lowest BCUT2D eigenvalue weighted by Gasteiger charge is -2.38. The van der Waals surface area contributed by atoms with Crippen LogP contribution in [0.2, 0.25) is 18.1 Å². The summed E-state index contributed by atoms with van der Waals surface area (Å²) in [6.45, 7) is 15.6. The number of benzene rings is 3. The summed E-state index contributed by atoms with van der Waals surface area (Å²) < 4.78 is 54.5. The molecule has 3 aromatic carbocycles. The van der Waals surface area contributed by atoms with E-state index in [1.54, 1.807) is 0 Å². The number of halogens is 3. The number of rotatable bonds is 8. The third kappa shape index (κ3) is 7.89. The first-order valence-corrected chi connectivity index (χ1v) is 15.5. The van der Waals surface area contributed by atoms with Crippen molar-refractivity contribution in [3.63, 3.8) is 0 Å². The maximum Gasteiger partial charge on any atom is 0.192 e. The minimum absolute atomic E-state index is 0.0629. The van der Waals surface area contributed by atoms with Crippen molar-refractivity contribution in [2.45, 2.75) is 59.4 Å². The smallest absolute Gasteiger partial charge is 0.192 e. The molecule has 0 saturated carbocycles. The number of nitrogens with one attached hydrogen (secondary N) is 1. The highest BCUT2D eigenvalue weighted by atomic mass is 28.4. The molecule has 0 spiro atoms. The molecule has 1 N–H and O–H groups in total. The van der Waals surface area contributed by atoms with Gasteiger partial charge in [-0.15, -0.1) is 0 Å². The normalized spacial score (nSPS) is 12.1. The van der Waals surface area contributed by atoms with E-state index < -0.39 is 31.2 Å². The fourth-order valence-corrected chi connectivity index (χ4v) is 4.39. The summed E-state index contributed by atoms with van der Waals surface area (Å²) in [5, 5.41) is 3.04. The van der Waals surface area contributed by atoms with E-state index in [0.29, 0.717) is 12.2 Å². The van der Waals surface area contributed by atoms with Gasteiger partial charge in [-0.2, -0.15) is 0 Å². The molecule has 38 heavy (non-hydrogen) atoms. The summed E-state index contributed by atoms with van der Waals surface area (Å²) in [6.07, 6.45) is 0. The van der Waals surface area contributed by atoms with Gasteiger partial charge in [0.1, 0.15) is 18.2 Å². The average Bonchev–Trinajstić information content (AvgIpc) is 2.83. The molecule has 0 bridgehead atoms. The molecule has 0 amide bonds. The van der Waals surface area contributed by atoms with Gasteiger partial charge in [0.15, 0.2) is 20.0 Å². The van der Waals surface area contributed by atoms with Crippen molar-refractivity contribution in [1.82, 2.24) is 0 Å². The number of ether oxygens (including phenoxy) is 1. The van der Waals surface area contributed by atoms with Gasteiger partial charge in [0, 0.05) is 29.8 Å². The quantitative estimate of drug-likeness (QED) is 0.229. The summed E-state index contributed by atoms with van der Waals surface area (Å²) in [5.41, 5.74) is 1.35. The second kappa shape index (κ2) is 11.7. The Hall–Kier alpha value is -3.21. The number of hydrogen-bond donors (Lipinski definition) is 1. The first-order chi connectivity index (χ1) is 17.7. The van der Waals surface area contributed by atoms with Crippen LogP contribution < -0.4 is 10.1 Å². The van der Waals surface area contributed by atoms with Crippen molar-refractivity contribution in [3.8, 4) is 17.6 Å². The van der Waals surface area contributed by atoms with E-state index in [4.69, 9.17) is 9.16 Å². The van der Waals surface area contributed by atoms with Crippen LogP contribution in [-0.2, 0) is 11.0 Å². The van der Waals surface area contributed by atoms with Crippen LogP contribution in [0.15, 0.2) is 60.7 Å². The second-order valence-electron chi connectivity index (χ2n) is 11.5. The average molecular weight is 540 g/mol. The number of hydrogen-bond acceptors (Lipinski definition) is 3. The van der Waals surface area contributed by atoms with Crippen LogP contribution in [0.4, 0.5) is 24.5 Å². The Morgan fingerprint density at radius 2 is 1.55 bits per heavy atom. The fourth-order valence-electron chi connectivity index (χ4n) is 3.23. The molecule has 202 valence electrons. The molecule has 0 aliphatic carbocycles. The van der Waals surface area contributed by atoms with Crippen molar-refractivity contribution in [1.29, 1.82) is 0 Å². The zero-order chi connectivity index (χ0) is 28.1. The van der Waals surface area contributed by atoms with Gasteiger partial charge in [-0.25, -0.2) is 13.2 Å². The highest BCUT2D eigenvalue weighted by Gasteiger charge is 2.38. The third-order valence-corrected chi connectivity index (χ3v) is 11.1. The Morgan fingerprint density at radius 1 is 0.868 bits per heavy atom. The maximum atomic E-state index is 14.7. The maximum absolute atomic E-state index is 14.7. The molecule has 0 aliphatic heterocycles. The molecular formula is C31H36F3NO2Si. The molecule has 0 unspecified atom stereocenters. The summed E-state index contributed by atoms with van der Waals surface area (Å²) in [5.74, 6) is 4.16. The van der Waals surface area contributed by atoms with Gasteiger partial charge in [0.2, 0.25) is 0 Å². The van der Waals surface area contributed by atoms with Crippen LogP contribution in [0, 0.1) is 34.7 Å². The molecule has 0 atom stereocenters. The Bertz CT molecular complexity index is 1320. The van der Waals surface area contributed by atoms with E-state index >= 15 is 0 Å². The molecule has 0 saturated heterocycles. The predicted molar refractivity (Wildman–Crippen MR) is 151 cm³/mol. The van der Waals surface area contributed by atoms with Crippen molar-refractivity contribution < 1.29 is 22.3 Å². The largest absolute Gasteiger partial charge is 0.487 e. The number of anilines is 2. The molecule has 3 aromatic rings. The molecular weight excluding hydrogens is 503 g/mol. The van der Waals surface area contributed by atoms with Crippen LogP contribution in [0.1, 0.15) is 45.7 Å². The topological polar surface area (TPSA) is 30.5 Å². The van der Waals surface area contributed by atoms with Crippen LogP contribution in [0.25, 0.3) is 0 Å². The second-order valence-corrected chi connectivity index (χ2v) is 16.3. The first-order valence-electron chi connectivity index (χ1n) is 12.6. The molecule has 7 heteroatoms. The van der Waals surface area contributed by atoms with Gasteiger partial charge in [-0.1, -0.05) is 62.9 Å². The summed E-state index contributed by atoms with van der Waals surface area (Å²) in [4.78, 5) is 0. The van der Waals surface area contributed by atoms with Crippen molar-refractivity contribution >= 4 is 19.7 Å². The molecule has 3 nitrogen and oxygen atoms in total. The van der Waals surface area contributed by atoms with E-state index in [1.165, 1.54) is 18.2 Å². The zero-order valence-electron chi connectivity index (χ0n) is 23.1. The molecule has 0 aliphatic rings. The Labute approximate surface area is 225 Å². The highest BCUT2D eigenvalue weighted by Crippen LogP contribution is 2.38. The molecule has 0 aromatic heterocycles. The van der Waals surface area contributed by atoms with E-state index in [0.717, 1.165) is 17.7 Å². The van der Waals surface area contributed by atoms with Gasteiger partial charge in [0.25, 0.3) is 0 Å². The zero-order valence-corrected chi connectivity index (χ0v) is 24.1. The summed E-state index contributed by atoms with van der Waals surface area (Å²) in [6, 6.07) is 15.5. The molecule has 0 fully saturated rings. The summed E-state index contributed by atoms with van der Waals surface area (Å²) in [7, 11) is -1.98. The Balaban J connectivity index is 1.98. The van der Waals surface area contributed by atoms with Crippen LogP contribution >= 0.6 is 0 Å². The molecule has 0 heterocycles. The Kier molecular flexibility index (Phi) is 9.01. The monoisotopic (exact) mass is 539 g/mol. The third-order valence-electron chi connectivity index (χ3n) is 6.63. The van der Waals surface area contributed by atoms with Gasteiger partial charge in [-0.3, -0.25) is 0 Å². The van der Waals surface area contributed by atoms with Gasteiger partial charge in [0.05, 0.1) is 11.3 Å². The lowest BCUT2D eigenvalue weighted by Crippen LogP contribution is -2.42. The van der Waals surface area contributed by atoms with E-state index in [-0.39, 0.29) is 28.8 Å². The Morgan fingerprint density at radius 3 is 2.18 bits per heavy atom. The van der Waals surface area contributed by atoms with Crippen LogP contribution in [0.5, 0.6) is 5.75 Å². The fraction of sp³-hybridized carbons (Fsp3) is 0.355. The van der Waals surface area contributed by atoms with Crippen molar-refractivity contribution in [2.24, 2.45) is 5.41 Å². The van der Waals surface area contributed by atoms with Crippen LogP contribution in [-0.4, -0.2) is 14.9 Å². The van der Waals surface area contributed by atoms with Crippen molar-refractivity contribution in [2.75, 3.05) is 11.9 Å². The highest BCUT2D eigenvalue weighted by molar-refractivity contribution is 6.74. The van der Waals surface area contributed by atoms with Crippen LogP contribution in [0.3, 0.4) is 0 Å². The lowest BCUT2D eigenvalue weighted by molar-refractivity contribution is 0.209. The van der Waals surface area contributed by atoms with Gasteiger partial charge >= 0.3 is 0 Å². The molecule has 3 rings (SSSR count). The van der Waals surface area contributed by atoms with Gasteiger partial charge in [-0.05, 0) is 55.7 Å². The standard InChI is InChI=1S/C31H36F3NO2Si/c1-30(2,3)38(6,7)37-21-31(4,5)16-15-25-28(35-24-13-14-26(33)27(34)19-24)17-23(32)18-29(25)36-20-22-11-9-8-10-12-22/h8-14,17-19,35H,20-21H2,1-7H3. The first kappa shape index (κ1) is 29.3. The van der Waals surface area contributed by atoms with Gasteiger partial charge < -0.3 is 14.5 Å². The molecule has 0 radical (unpaired) electrons. The van der Waals surface area contributed by atoms with E-state index in [2.05, 4.69) is 51.0 Å². The summed E-state index contributed by atoms with van der Waals surface area (Å²) >= 11 is 0. The van der Waals surface area contributed by atoms with E-state index in [9.17, 15) is 13.2 Å². The predicted octanol–water partition coefficient (Wildman–Crippen LogP) is 8.83.